The highest BCUT2D eigenvalue weighted by Gasteiger charge is 2.19. The fourth-order valence-corrected chi connectivity index (χ4v) is 2.70. The lowest BCUT2D eigenvalue weighted by molar-refractivity contribution is 0.355. The van der Waals surface area contributed by atoms with E-state index in [0.29, 0.717) is 0 Å². The molecule has 0 saturated heterocycles. The lowest BCUT2D eigenvalue weighted by atomic mass is 10.1. The first kappa shape index (κ1) is 16.5. The molecule has 3 rings (SSSR count). The van der Waals surface area contributed by atoms with Crippen LogP contribution in [0, 0.1) is 0 Å². The molecule has 2 aromatic heterocycles. The van der Waals surface area contributed by atoms with E-state index in [0.717, 1.165) is 12.4 Å². The lowest BCUT2D eigenvalue weighted by Gasteiger charge is -2.20. The fourth-order valence-electron chi connectivity index (χ4n) is 2.70. The molecule has 1 N–H and O–H groups in total. The van der Waals surface area contributed by atoms with Crippen LogP contribution in [-0.4, -0.2) is 19.3 Å². The maximum absolute atomic E-state index is 4.53. The number of aryl methyl sites for hydroxylation is 1. The number of rotatable bonds is 5. The number of aromatic nitrogens is 4. The number of nitrogens with zero attached hydrogens (tertiary/aromatic N) is 4. The number of nitrogens with one attached hydrogen (secondary N) is 1. The molecule has 0 aliphatic rings. The molecule has 1 atom stereocenters. The summed E-state index contributed by atoms with van der Waals surface area (Å²) < 4.78 is 4.06. The van der Waals surface area contributed by atoms with Crippen molar-refractivity contribution in [1.29, 1.82) is 0 Å². The zero-order chi connectivity index (χ0) is 17.2. The lowest BCUT2D eigenvalue weighted by Crippen LogP contribution is -2.25. The maximum Gasteiger partial charge on any atom is 0.130 e. The van der Waals surface area contributed by atoms with E-state index in [4.69, 9.17) is 0 Å². The van der Waals surface area contributed by atoms with Crippen LogP contribution in [0.4, 0.5) is 0 Å². The average Bonchev–Trinajstić information content (AvgIpc) is 3.18. The zero-order valence-corrected chi connectivity index (χ0v) is 14.8. The minimum absolute atomic E-state index is 0.00322. The van der Waals surface area contributed by atoms with Gasteiger partial charge in [0.25, 0.3) is 0 Å². The molecule has 0 saturated carbocycles. The summed E-state index contributed by atoms with van der Waals surface area (Å²) in [5.41, 5.74) is 2.37. The third-order valence-electron chi connectivity index (χ3n) is 4.08. The van der Waals surface area contributed by atoms with Crippen molar-refractivity contribution in [2.75, 3.05) is 0 Å². The van der Waals surface area contributed by atoms with E-state index in [1.54, 1.807) is 0 Å². The van der Waals surface area contributed by atoms with Crippen LogP contribution < -0.4 is 5.32 Å². The average molecular weight is 323 g/mol. The van der Waals surface area contributed by atoms with Gasteiger partial charge in [-0.3, -0.25) is 10.00 Å². The number of hydrogen-bond acceptors (Lipinski definition) is 3. The van der Waals surface area contributed by atoms with Crippen molar-refractivity contribution in [1.82, 2.24) is 24.6 Å². The predicted molar refractivity (Wildman–Crippen MR) is 95.6 cm³/mol. The summed E-state index contributed by atoms with van der Waals surface area (Å²) in [5, 5.41) is 8.10. The van der Waals surface area contributed by atoms with Crippen molar-refractivity contribution in [2.45, 2.75) is 38.9 Å². The summed E-state index contributed by atoms with van der Waals surface area (Å²) in [4.78, 5) is 4.53. The van der Waals surface area contributed by atoms with E-state index in [1.165, 1.54) is 11.1 Å². The Bertz CT molecular complexity index is 779. The Morgan fingerprint density at radius 1 is 1.17 bits per heavy atom. The fraction of sp³-hybridized carbons (Fsp3) is 0.368. The van der Waals surface area contributed by atoms with Crippen molar-refractivity contribution in [3.05, 3.63) is 72.1 Å². The van der Waals surface area contributed by atoms with Crippen molar-refractivity contribution in [3.8, 4) is 0 Å². The van der Waals surface area contributed by atoms with Crippen LogP contribution in [0.25, 0.3) is 0 Å². The van der Waals surface area contributed by atoms with E-state index in [1.807, 2.05) is 36.4 Å². The van der Waals surface area contributed by atoms with Crippen LogP contribution in [0.5, 0.6) is 0 Å². The topological polar surface area (TPSA) is 47.7 Å². The minimum atomic E-state index is -0.00322. The number of imidazole rings is 1. The second kappa shape index (κ2) is 6.61. The van der Waals surface area contributed by atoms with Gasteiger partial charge in [-0.25, -0.2) is 4.98 Å². The molecule has 1 unspecified atom stereocenters. The molecule has 0 fully saturated rings. The predicted octanol–water partition coefficient (Wildman–Crippen LogP) is 3.25. The molecule has 126 valence electrons. The summed E-state index contributed by atoms with van der Waals surface area (Å²) in [6, 6.07) is 10.5. The first-order valence-corrected chi connectivity index (χ1v) is 8.25. The van der Waals surface area contributed by atoms with Crippen LogP contribution in [0.2, 0.25) is 0 Å². The molecule has 5 nitrogen and oxygen atoms in total. The van der Waals surface area contributed by atoms with Crippen LogP contribution in [0.1, 0.15) is 43.8 Å². The Morgan fingerprint density at radius 3 is 2.50 bits per heavy atom. The molecule has 3 aromatic rings. The molecule has 0 radical (unpaired) electrons. The van der Waals surface area contributed by atoms with Gasteiger partial charge >= 0.3 is 0 Å². The summed E-state index contributed by atoms with van der Waals surface area (Å²) >= 11 is 0. The molecule has 1 aromatic carbocycles. The number of hydrogen-bond donors (Lipinski definition) is 1. The summed E-state index contributed by atoms with van der Waals surface area (Å²) in [5.74, 6) is 1.00. The Morgan fingerprint density at radius 2 is 1.92 bits per heavy atom. The van der Waals surface area contributed by atoms with E-state index in [9.17, 15) is 0 Å². The SMILES string of the molecule is Cn1ccnc1C(NCc1cnn(C(C)(C)C)c1)c1ccccc1. The van der Waals surface area contributed by atoms with Gasteiger partial charge in [0.05, 0.1) is 17.8 Å². The Balaban J connectivity index is 1.81. The number of benzene rings is 1. The molecular formula is C19H25N5. The summed E-state index contributed by atoms with van der Waals surface area (Å²) in [7, 11) is 2.03. The van der Waals surface area contributed by atoms with Gasteiger partial charge < -0.3 is 4.57 Å². The summed E-state index contributed by atoms with van der Waals surface area (Å²) in [6.07, 6.45) is 7.85. The molecule has 5 heteroatoms. The van der Waals surface area contributed by atoms with Gasteiger partial charge in [0.1, 0.15) is 5.82 Å². The standard InChI is InChI=1S/C19H25N5/c1-19(2,3)24-14-15(13-22-24)12-21-17(16-8-6-5-7-9-16)18-20-10-11-23(18)4/h5-11,13-14,17,21H,12H2,1-4H3. The molecule has 0 spiro atoms. The first-order chi connectivity index (χ1) is 11.4. The van der Waals surface area contributed by atoms with Crippen molar-refractivity contribution in [2.24, 2.45) is 7.05 Å². The monoisotopic (exact) mass is 323 g/mol. The van der Waals surface area contributed by atoms with E-state index in [-0.39, 0.29) is 11.6 Å². The Hall–Kier alpha value is -2.40. The second-order valence-electron chi connectivity index (χ2n) is 7.08. The Kier molecular flexibility index (Phi) is 4.53. The highest BCUT2D eigenvalue weighted by molar-refractivity contribution is 5.25. The molecule has 0 aliphatic carbocycles. The van der Waals surface area contributed by atoms with Crippen molar-refractivity contribution < 1.29 is 0 Å². The van der Waals surface area contributed by atoms with Crippen LogP contribution in [0.15, 0.2) is 55.1 Å². The molecule has 0 bridgehead atoms. The van der Waals surface area contributed by atoms with Crippen LogP contribution >= 0.6 is 0 Å². The quantitative estimate of drug-likeness (QED) is 0.784. The van der Waals surface area contributed by atoms with E-state index >= 15 is 0 Å². The van der Waals surface area contributed by atoms with Gasteiger partial charge in [0.15, 0.2) is 0 Å². The van der Waals surface area contributed by atoms with Gasteiger partial charge in [-0.2, -0.15) is 5.10 Å². The van der Waals surface area contributed by atoms with E-state index < -0.39 is 0 Å². The Labute approximate surface area is 143 Å². The van der Waals surface area contributed by atoms with Crippen LogP contribution in [0.3, 0.4) is 0 Å². The highest BCUT2D eigenvalue weighted by Crippen LogP contribution is 2.21. The van der Waals surface area contributed by atoms with E-state index in [2.05, 4.69) is 71.2 Å². The highest BCUT2D eigenvalue weighted by atomic mass is 15.3. The largest absolute Gasteiger partial charge is 0.336 e. The van der Waals surface area contributed by atoms with Gasteiger partial charge in [-0.15, -0.1) is 0 Å². The molecular weight excluding hydrogens is 298 g/mol. The van der Waals surface area contributed by atoms with Gasteiger partial charge in [-0.1, -0.05) is 30.3 Å². The minimum Gasteiger partial charge on any atom is -0.336 e. The first-order valence-electron chi connectivity index (χ1n) is 8.25. The van der Waals surface area contributed by atoms with Gasteiger partial charge in [-0.05, 0) is 26.3 Å². The van der Waals surface area contributed by atoms with Crippen molar-refractivity contribution in [3.63, 3.8) is 0 Å². The maximum atomic E-state index is 4.53. The molecule has 2 heterocycles. The smallest absolute Gasteiger partial charge is 0.130 e. The molecule has 0 amide bonds. The van der Waals surface area contributed by atoms with Gasteiger partial charge in [0, 0.05) is 37.7 Å². The molecule has 0 aliphatic heterocycles. The second-order valence-corrected chi connectivity index (χ2v) is 7.08. The van der Waals surface area contributed by atoms with Crippen LogP contribution in [-0.2, 0) is 19.1 Å². The van der Waals surface area contributed by atoms with Crippen molar-refractivity contribution >= 4 is 0 Å². The third kappa shape index (κ3) is 3.57. The zero-order valence-electron chi connectivity index (χ0n) is 14.8. The van der Waals surface area contributed by atoms with Gasteiger partial charge in [0.2, 0.25) is 0 Å². The molecule has 24 heavy (non-hydrogen) atoms. The normalized spacial score (nSPS) is 13.2. The third-order valence-corrected chi connectivity index (χ3v) is 4.08. The summed E-state index contributed by atoms with van der Waals surface area (Å²) in [6.45, 7) is 7.19.